The van der Waals surface area contributed by atoms with Crippen molar-refractivity contribution in [3.63, 3.8) is 0 Å². The minimum atomic E-state index is 0.0318. The average molecular weight is 262 g/mol. The van der Waals surface area contributed by atoms with Gasteiger partial charge in [0.1, 0.15) is 5.82 Å². The third-order valence-corrected chi connectivity index (χ3v) is 3.84. The van der Waals surface area contributed by atoms with Crippen molar-refractivity contribution in [1.29, 1.82) is 0 Å². The molecule has 1 aromatic heterocycles. The predicted molar refractivity (Wildman–Crippen MR) is 80.4 cm³/mol. The van der Waals surface area contributed by atoms with Crippen LogP contribution >= 0.6 is 0 Å². The zero-order chi connectivity index (χ0) is 14.0. The Morgan fingerprint density at radius 2 is 1.84 bits per heavy atom. The summed E-state index contributed by atoms with van der Waals surface area (Å²) in [4.78, 5) is 9.43. The lowest BCUT2D eigenvalue weighted by molar-refractivity contribution is 0.128. The van der Waals surface area contributed by atoms with E-state index >= 15 is 0 Å². The first kappa shape index (κ1) is 14.3. The van der Waals surface area contributed by atoms with Crippen molar-refractivity contribution < 1.29 is 0 Å². The normalized spacial score (nSPS) is 19.5. The Balaban J connectivity index is 2.10. The molecule has 1 aliphatic rings. The summed E-state index contributed by atoms with van der Waals surface area (Å²) in [5, 5.41) is 0. The maximum absolute atomic E-state index is 6.04. The first-order chi connectivity index (χ1) is 8.89. The van der Waals surface area contributed by atoms with E-state index in [2.05, 4.69) is 41.6 Å². The van der Waals surface area contributed by atoms with Gasteiger partial charge in [-0.25, -0.2) is 4.98 Å². The molecule has 1 atom stereocenters. The summed E-state index contributed by atoms with van der Waals surface area (Å²) >= 11 is 0. The maximum Gasteiger partial charge on any atom is 0.133 e. The third kappa shape index (κ3) is 3.25. The van der Waals surface area contributed by atoms with Gasteiger partial charge in [-0.1, -0.05) is 6.07 Å². The van der Waals surface area contributed by atoms with E-state index in [1.807, 2.05) is 19.2 Å². The van der Waals surface area contributed by atoms with Crippen LogP contribution in [0.5, 0.6) is 0 Å². The summed E-state index contributed by atoms with van der Waals surface area (Å²) in [7, 11) is 0. The number of nitrogens with two attached hydrogens (primary N) is 1. The minimum Gasteiger partial charge on any atom is -0.354 e. The zero-order valence-corrected chi connectivity index (χ0v) is 12.6. The highest BCUT2D eigenvalue weighted by Crippen LogP contribution is 2.25. The van der Waals surface area contributed by atoms with Crippen LogP contribution in [0, 0.1) is 0 Å². The van der Waals surface area contributed by atoms with Crippen LogP contribution in [0.1, 0.15) is 39.3 Å². The highest BCUT2D eigenvalue weighted by Gasteiger charge is 2.27. The predicted octanol–water partition coefficient (Wildman–Crippen LogP) is 2.02. The lowest BCUT2D eigenvalue weighted by atomic mass is 10.0. The molecular formula is C15H26N4. The average Bonchev–Trinajstić information content (AvgIpc) is 2.38. The fourth-order valence-electron chi connectivity index (χ4n) is 2.62. The van der Waals surface area contributed by atoms with Crippen molar-refractivity contribution in [3.05, 3.63) is 23.9 Å². The fourth-order valence-corrected chi connectivity index (χ4v) is 2.62. The summed E-state index contributed by atoms with van der Waals surface area (Å²) in [5.41, 5.74) is 7.44. The molecule has 1 aliphatic heterocycles. The second-order valence-corrected chi connectivity index (χ2v) is 6.35. The number of rotatable bonds is 2. The second-order valence-electron chi connectivity index (χ2n) is 6.35. The summed E-state index contributed by atoms with van der Waals surface area (Å²) in [6.07, 6.45) is 1.86. The van der Waals surface area contributed by atoms with Gasteiger partial charge in [0, 0.05) is 49.5 Å². The number of hydrogen-bond acceptors (Lipinski definition) is 4. The monoisotopic (exact) mass is 262 g/mol. The molecule has 2 rings (SSSR count). The molecule has 2 N–H and O–H groups in total. The summed E-state index contributed by atoms with van der Waals surface area (Å²) in [6.45, 7) is 13.1. The number of nitrogens with zero attached hydrogens (tertiary/aromatic N) is 3. The standard InChI is InChI=1S/C15H26N4/c1-12(16)13-6-5-7-17-14(13)18-8-10-19(11-9-18)15(2,3)4/h5-7,12H,8-11,16H2,1-4H3. The van der Waals surface area contributed by atoms with Crippen LogP contribution in [-0.2, 0) is 0 Å². The molecule has 0 saturated carbocycles. The van der Waals surface area contributed by atoms with Gasteiger partial charge < -0.3 is 10.6 Å². The Hall–Kier alpha value is -1.13. The van der Waals surface area contributed by atoms with Crippen molar-refractivity contribution in [2.24, 2.45) is 5.73 Å². The topological polar surface area (TPSA) is 45.4 Å². The van der Waals surface area contributed by atoms with E-state index in [-0.39, 0.29) is 11.6 Å². The van der Waals surface area contributed by atoms with Gasteiger partial charge >= 0.3 is 0 Å². The molecular weight excluding hydrogens is 236 g/mol. The van der Waals surface area contributed by atoms with Gasteiger partial charge in [0.2, 0.25) is 0 Å². The molecule has 0 amide bonds. The van der Waals surface area contributed by atoms with Crippen molar-refractivity contribution >= 4 is 5.82 Å². The van der Waals surface area contributed by atoms with E-state index in [0.717, 1.165) is 37.6 Å². The van der Waals surface area contributed by atoms with Crippen molar-refractivity contribution in [2.75, 3.05) is 31.1 Å². The van der Waals surface area contributed by atoms with Crippen LogP contribution in [0.2, 0.25) is 0 Å². The first-order valence-electron chi connectivity index (χ1n) is 7.10. The Bertz CT molecular complexity index is 414. The van der Waals surface area contributed by atoms with E-state index in [4.69, 9.17) is 5.73 Å². The smallest absolute Gasteiger partial charge is 0.133 e. The largest absolute Gasteiger partial charge is 0.354 e. The molecule has 4 nitrogen and oxygen atoms in total. The Morgan fingerprint density at radius 3 is 2.37 bits per heavy atom. The number of anilines is 1. The van der Waals surface area contributed by atoms with Gasteiger partial charge in [-0.3, -0.25) is 4.90 Å². The molecule has 2 heterocycles. The van der Waals surface area contributed by atoms with Crippen LogP contribution in [0.25, 0.3) is 0 Å². The summed E-state index contributed by atoms with van der Waals surface area (Å²) < 4.78 is 0. The molecule has 1 fully saturated rings. The highest BCUT2D eigenvalue weighted by atomic mass is 15.3. The van der Waals surface area contributed by atoms with Gasteiger partial charge in [0.25, 0.3) is 0 Å². The Kier molecular flexibility index (Phi) is 4.11. The molecule has 106 valence electrons. The quantitative estimate of drug-likeness (QED) is 0.885. The van der Waals surface area contributed by atoms with E-state index < -0.39 is 0 Å². The first-order valence-corrected chi connectivity index (χ1v) is 7.10. The van der Waals surface area contributed by atoms with Gasteiger partial charge in [-0.2, -0.15) is 0 Å². The molecule has 1 aromatic rings. The molecule has 0 aromatic carbocycles. The van der Waals surface area contributed by atoms with Gasteiger partial charge in [-0.15, -0.1) is 0 Å². The maximum atomic E-state index is 6.04. The number of piperazine rings is 1. The van der Waals surface area contributed by atoms with Crippen molar-refractivity contribution in [2.45, 2.75) is 39.3 Å². The van der Waals surface area contributed by atoms with Crippen LogP contribution in [0.15, 0.2) is 18.3 Å². The van der Waals surface area contributed by atoms with Crippen LogP contribution in [-0.4, -0.2) is 41.6 Å². The lowest BCUT2D eigenvalue weighted by Crippen LogP contribution is -2.53. The van der Waals surface area contributed by atoms with E-state index in [9.17, 15) is 0 Å². The molecule has 1 saturated heterocycles. The molecule has 0 spiro atoms. The van der Waals surface area contributed by atoms with E-state index in [1.54, 1.807) is 0 Å². The van der Waals surface area contributed by atoms with E-state index in [0.29, 0.717) is 0 Å². The third-order valence-electron chi connectivity index (χ3n) is 3.84. The molecule has 19 heavy (non-hydrogen) atoms. The number of hydrogen-bond donors (Lipinski definition) is 1. The van der Waals surface area contributed by atoms with Crippen molar-refractivity contribution in [1.82, 2.24) is 9.88 Å². The van der Waals surface area contributed by atoms with Crippen LogP contribution < -0.4 is 10.6 Å². The van der Waals surface area contributed by atoms with Gasteiger partial charge in [0.05, 0.1) is 0 Å². The molecule has 0 radical (unpaired) electrons. The molecule has 0 aliphatic carbocycles. The highest BCUT2D eigenvalue weighted by molar-refractivity contribution is 5.48. The van der Waals surface area contributed by atoms with Crippen molar-refractivity contribution in [3.8, 4) is 0 Å². The summed E-state index contributed by atoms with van der Waals surface area (Å²) in [6, 6.07) is 4.08. The molecule has 0 bridgehead atoms. The number of pyridine rings is 1. The Morgan fingerprint density at radius 1 is 1.21 bits per heavy atom. The number of aromatic nitrogens is 1. The SMILES string of the molecule is CC(N)c1cccnc1N1CCN(C(C)(C)C)CC1. The van der Waals surface area contributed by atoms with E-state index in [1.165, 1.54) is 0 Å². The molecule has 4 heteroatoms. The Labute approximate surface area is 116 Å². The summed E-state index contributed by atoms with van der Waals surface area (Å²) in [5.74, 6) is 1.06. The lowest BCUT2D eigenvalue weighted by Gasteiger charge is -2.43. The second kappa shape index (κ2) is 5.47. The minimum absolute atomic E-state index is 0.0318. The fraction of sp³-hybridized carbons (Fsp3) is 0.667. The van der Waals surface area contributed by atoms with Crippen LogP contribution in [0.3, 0.4) is 0 Å². The molecule has 1 unspecified atom stereocenters. The van der Waals surface area contributed by atoms with Gasteiger partial charge in [0.15, 0.2) is 0 Å². The van der Waals surface area contributed by atoms with Gasteiger partial charge in [-0.05, 0) is 33.8 Å². The zero-order valence-electron chi connectivity index (χ0n) is 12.6. The van der Waals surface area contributed by atoms with Crippen LogP contribution in [0.4, 0.5) is 5.82 Å².